The monoisotopic (exact) mass is 343 g/mol. The summed E-state index contributed by atoms with van der Waals surface area (Å²) in [5.74, 6) is 2.51. The number of thioether (sulfide) groups is 2. The SMILES string of the molecule is CSc1ccccc1C(=O)c1ccccc1CN1CCSCC1. The van der Waals surface area contributed by atoms with Crippen LogP contribution in [0.5, 0.6) is 0 Å². The van der Waals surface area contributed by atoms with Crippen LogP contribution < -0.4 is 0 Å². The molecule has 1 fully saturated rings. The average molecular weight is 344 g/mol. The number of hydrogen-bond acceptors (Lipinski definition) is 4. The third-order valence-electron chi connectivity index (χ3n) is 4.11. The van der Waals surface area contributed by atoms with Crippen LogP contribution in [-0.4, -0.2) is 41.5 Å². The molecule has 0 spiro atoms. The van der Waals surface area contributed by atoms with Crippen LogP contribution in [0.25, 0.3) is 0 Å². The Balaban J connectivity index is 1.88. The summed E-state index contributed by atoms with van der Waals surface area (Å²) in [6.45, 7) is 3.08. The van der Waals surface area contributed by atoms with E-state index in [1.165, 1.54) is 11.5 Å². The molecule has 0 amide bonds. The van der Waals surface area contributed by atoms with Gasteiger partial charge in [-0.15, -0.1) is 11.8 Å². The van der Waals surface area contributed by atoms with Gasteiger partial charge in [-0.1, -0.05) is 36.4 Å². The lowest BCUT2D eigenvalue weighted by Gasteiger charge is -2.27. The number of carbonyl (C=O) groups excluding carboxylic acids is 1. The van der Waals surface area contributed by atoms with Crippen molar-refractivity contribution in [3.63, 3.8) is 0 Å². The van der Waals surface area contributed by atoms with Gasteiger partial charge in [0.1, 0.15) is 0 Å². The van der Waals surface area contributed by atoms with Crippen LogP contribution in [0.1, 0.15) is 21.5 Å². The maximum atomic E-state index is 13.1. The fourth-order valence-electron chi connectivity index (χ4n) is 2.86. The maximum absolute atomic E-state index is 13.1. The summed E-state index contributed by atoms with van der Waals surface area (Å²) >= 11 is 3.64. The molecule has 2 aromatic carbocycles. The topological polar surface area (TPSA) is 20.3 Å². The number of rotatable bonds is 5. The van der Waals surface area contributed by atoms with E-state index < -0.39 is 0 Å². The van der Waals surface area contributed by atoms with Gasteiger partial charge in [-0.2, -0.15) is 11.8 Å². The molecule has 4 heteroatoms. The minimum atomic E-state index is 0.136. The quantitative estimate of drug-likeness (QED) is 0.599. The molecule has 0 bridgehead atoms. The van der Waals surface area contributed by atoms with Crippen molar-refractivity contribution in [3.8, 4) is 0 Å². The lowest BCUT2D eigenvalue weighted by atomic mass is 9.98. The molecule has 1 aliphatic rings. The number of benzene rings is 2. The fourth-order valence-corrected chi connectivity index (χ4v) is 4.43. The first-order valence-corrected chi connectivity index (χ1v) is 10.2. The number of nitrogens with zero attached hydrogens (tertiary/aromatic N) is 1. The second-order valence-corrected chi connectivity index (χ2v) is 7.65. The molecule has 1 saturated heterocycles. The molecule has 1 heterocycles. The van der Waals surface area contributed by atoms with Gasteiger partial charge in [0.05, 0.1) is 0 Å². The van der Waals surface area contributed by atoms with Gasteiger partial charge in [0.25, 0.3) is 0 Å². The highest BCUT2D eigenvalue weighted by Crippen LogP contribution is 2.25. The minimum absolute atomic E-state index is 0.136. The van der Waals surface area contributed by atoms with Gasteiger partial charge in [-0.3, -0.25) is 9.69 Å². The van der Waals surface area contributed by atoms with Crippen molar-refractivity contribution in [1.29, 1.82) is 0 Å². The van der Waals surface area contributed by atoms with Crippen LogP contribution in [0.4, 0.5) is 0 Å². The molecule has 1 aliphatic heterocycles. The first kappa shape index (κ1) is 16.6. The Morgan fingerprint density at radius 1 is 1.04 bits per heavy atom. The number of hydrogen-bond donors (Lipinski definition) is 0. The van der Waals surface area contributed by atoms with Crippen molar-refractivity contribution >= 4 is 29.3 Å². The van der Waals surface area contributed by atoms with Crippen molar-refractivity contribution in [2.24, 2.45) is 0 Å². The molecule has 0 atom stereocenters. The molecule has 0 aliphatic carbocycles. The Labute approximate surface area is 146 Å². The summed E-state index contributed by atoms with van der Waals surface area (Å²) in [7, 11) is 0. The largest absolute Gasteiger partial charge is 0.297 e. The number of ketones is 1. The molecule has 120 valence electrons. The predicted molar refractivity (Wildman–Crippen MR) is 101 cm³/mol. The van der Waals surface area contributed by atoms with Gasteiger partial charge >= 0.3 is 0 Å². The van der Waals surface area contributed by atoms with E-state index in [9.17, 15) is 4.79 Å². The third-order valence-corrected chi connectivity index (χ3v) is 5.85. The summed E-state index contributed by atoms with van der Waals surface area (Å²) in [6, 6.07) is 15.9. The van der Waals surface area contributed by atoms with Gasteiger partial charge < -0.3 is 0 Å². The summed E-state index contributed by atoms with van der Waals surface area (Å²) < 4.78 is 0. The van der Waals surface area contributed by atoms with Crippen LogP contribution >= 0.6 is 23.5 Å². The fraction of sp³-hybridized carbons (Fsp3) is 0.316. The lowest BCUT2D eigenvalue weighted by molar-refractivity contribution is 0.103. The zero-order valence-electron chi connectivity index (χ0n) is 13.3. The molecule has 0 unspecified atom stereocenters. The van der Waals surface area contributed by atoms with Gasteiger partial charge in [0.2, 0.25) is 0 Å². The van der Waals surface area contributed by atoms with Gasteiger partial charge in [0, 0.05) is 47.2 Å². The normalized spacial score (nSPS) is 15.5. The van der Waals surface area contributed by atoms with Crippen molar-refractivity contribution in [3.05, 3.63) is 65.2 Å². The Morgan fingerprint density at radius 3 is 2.43 bits per heavy atom. The van der Waals surface area contributed by atoms with Crippen molar-refractivity contribution in [2.45, 2.75) is 11.4 Å². The molecule has 23 heavy (non-hydrogen) atoms. The molecular weight excluding hydrogens is 322 g/mol. The second kappa shape index (κ2) is 8.04. The van der Waals surface area contributed by atoms with E-state index in [4.69, 9.17) is 0 Å². The molecule has 0 radical (unpaired) electrons. The molecule has 2 aromatic rings. The van der Waals surface area contributed by atoms with E-state index in [1.807, 2.05) is 60.5 Å². The van der Waals surface area contributed by atoms with E-state index in [0.29, 0.717) is 0 Å². The maximum Gasteiger partial charge on any atom is 0.194 e. The van der Waals surface area contributed by atoms with Gasteiger partial charge in [0.15, 0.2) is 5.78 Å². The molecule has 2 nitrogen and oxygen atoms in total. The molecule has 0 saturated carbocycles. The van der Waals surface area contributed by atoms with Crippen LogP contribution in [0.15, 0.2) is 53.4 Å². The second-order valence-electron chi connectivity index (χ2n) is 5.58. The Morgan fingerprint density at radius 2 is 1.70 bits per heavy atom. The molecule has 3 rings (SSSR count). The Hall–Kier alpha value is -1.23. The lowest BCUT2D eigenvalue weighted by Crippen LogP contribution is -2.32. The van der Waals surface area contributed by atoms with Crippen molar-refractivity contribution in [1.82, 2.24) is 4.90 Å². The van der Waals surface area contributed by atoms with Crippen LogP contribution in [0.3, 0.4) is 0 Å². The van der Waals surface area contributed by atoms with Crippen molar-refractivity contribution < 1.29 is 4.79 Å². The smallest absolute Gasteiger partial charge is 0.194 e. The minimum Gasteiger partial charge on any atom is -0.297 e. The predicted octanol–water partition coefficient (Wildman–Crippen LogP) is 4.19. The molecular formula is C19H21NOS2. The number of carbonyl (C=O) groups is 1. The van der Waals surface area contributed by atoms with E-state index in [2.05, 4.69) is 11.0 Å². The summed E-state index contributed by atoms with van der Waals surface area (Å²) in [5, 5.41) is 0. The van der Waals surface area contributed by atoms with E-state index >= 15 is 0 Å². The van der Waals surface area contributed by atoms with Gasteiger partial charge in [-0.25, -0.2) is 0 Å². The molecule has 0 aromatic heterocycles. The Kier molecular flexibility index (Phi) is 5.81. The standard InChI is InChI=1S/C19H21NOS2/c1-22-18-9-5-4-8-17(18)19(21)16-7-3-2-6-15(16)14-20-10-12-23-13-11-20/h2-9H,10-14H2,1H3. The van der Waals surface area contributed by atoms with Crippen LogP contribution in [-0.2, 0) is 6.54 Å². The summed E-state index contributed by atoms with van der Waals surface area (Å²) in [4.78, 5) is 16.5. The highest BCUT2D eigenvalue weighted by molar-refractivity contribution is 7.99. The first-order valence-electron chi connectivity index (χ1n) is 7.85. The highest BCUT2D eigenvalue weighted by atomic mass is 32.2. The Bertz CT molecular complexity index is 681. The van der Waals surface area contributed by atoms with Gasteiger partial charge in [-0.05, 0) is 24.0 Å². The van der Waals surface area contributed by atoms with Crippen LogP contribution in [0, 0.1) is 0 Å². The third kappa shape index (κ3) is 4.00. The molecule has 0 N–H and O–H groups in total. The summed E-state index contributed by atoms with van der Waals surface area (Å²) in [5.41, 5.74) is 2.79. The zero-order valence-corrected chi connectivity index (χ0v) is 15.0. The zero-order chi connectivity index (χ0) is 16.1. The van der Waals surface area contributed by atoms with Crippen molar-refractivity contribution in [2.75, 3.05) is 30.9 Å². The van der Waals surface area contributed by atoms with Crippen LogP contribution in [0.2, 0.25) is 0 Å². The summed E-state index contributed by atoms with van der Waals surface area (Å²) in [6.07, 6.45) is 2.02. The average Bonchev–Trinajstić information content (AvgIpc) is 2.62. The van der Waals surface area contributed by atoms with E-state index in [1.54, 1.807) is 11.8 Å². The first-order chi connectivity index (χ1) is 11.3. The van der Waals surface area contributed by atoms with E-state index in [0.717, 1.165) is 41.2 Å². The highest BCUT2D eigenvalue weighted by Gasteiger charge is 2.18. The van der Waals surface area contributed by atoms with E-state index in [-0.39, 0.29) is 5.78 Å².